The molecule has 2 amide bonds. The second kappa shape index (κ2) is 7.85. The minimum atomic E-state index is -1.53. The van der Waals surface area contributed by atoms with Crippen molar-refractivity contribution in [3.05, 3.63) is 35.4 Å². The van der Waals surface area contributed by atoms with Gasteiger partial charge in [-0.15, -0.1) is 0 Å². The first-order chi connectivity index (χ1) is 13.7. The van der Waals surface area contributed by atoms with Crippen LogP contribution in [0.2, 0.25) is 0 Å². The van der Waals surface area contributed by atoms with E-state index in [1.54, 1.807) is 27.7 Å². The highest BCUT2D eigenvalue weighted by atomic mass is 19.1. The molecule has 9 heteroatoms. The lowest BCUT2D eigenvalue weighted by Crippen LogP contribution is -2.75. The van der Waals surface area contributed by atoms with Crippen LogP contribution in [0.1, 0.15) is 47.1 Å². The Labute approximate surface area is 174 Å². The van der Waals surface area contributed by atoms with Crippen LogP contribution in [-0.4, -0.2) is 58.1 Å². The van der Waals surface area contributed by atoms with E-state index in [2.05, 4.69) is 0 Å². The van der Waals surface area contributed by atoms with Crippen LogP contribution in [0.4, 0.5) is 13.6 Å². The van der Waals surface area contributed by atoms with Gasteiger partial charge in [0.15, 0.2) is 0 Å². The number of amides is 2. The van der Waals surface area contributed by atoms with Gasteiger partial charge in [-0.3, -0.25) is 14.5 Å². The van der Waals surface area contributed by atoms with E-state index < -0.39 is 52.6 Å². The molecule has 2 rings (SSSR count). The number of hydrogen-bond donors (Lipinski definition) is 1. The van der Waals surface area contributed by atoms with Gasteiger partial charge in [0.1, 0.15) is 23.7 Å². The summed E-state index contributed by atoms with van der Waals surface area (Å²) < 4.78 is 33.4. The molecule has 1 N–H and O–H groups in total. The summed E-state index contributed by atoms with van der Waals surface area (Å²) in [5.74, 6) is -3.10. The highest BCUT2D eigenvalue weighted by Crippen LogP contribution is 2.50. The zero-order valence-electron chi connectivity index (χ0n) is 18.1. The molecule has 0 aromatic heterocycles. The molecule has 0 unspecified atom stereocenters. The summed E-state index contributed by atoms with van der Waals surface area (Å²) >= 11 is 0. The van der Waals surface area contributed by atoms with E-state index in [1.165, 1.54) is 18.7 Å². The van der Waals surface area contributed by atoms with Gasteiger partial charge in [-0.25, -0.2) is 13.6 Å². The van der Waals surface area contributed by atoms with Crippen molar-refractivity contribution in [3.63, 3.8) is 0 Å². The molecule has 1 aliphatic rings. The zero-order valence-corrected chi connectivity index (χ0v) is 18.1. The van der Waals surface area contributed by atoms with Crippen LogP contribution < -0.4 is 0 Å². The molecule has 1 aromatic carbocycles. The Morgan fingerprint density at radius 2 is 1.70 bits per heavy atom. The molecule has 1 heterocycles. The standard InChI is InChI=1S/C21H28F2N2O5/c1-7-30-16(26)11-24-17(27)20(5,6)25(18(28)29)12-21(24,19(2,3)4)13-8-14(22)10-15(23)9-13/h8-10H,7,11-12H2,1-6H3,(H,28,29)/t21-/m1/s1. The summed E-state index contributed by atoms with van der Waals surface area (Å²) in [6.45, 7) is 8.96. The quantitative estimate of drug-likeness (QED) is 0.746. The second-order valence-corrected chi connectivity index (χ2v) is 8.89. The van der Waals surface area contributed by atoms with E-state index in [0.717, 1.165) is 17.0 Å². The van der Waals surface area contributed by atoms with Crippen LogP contribution in [-0.2, 0) is 19.9 Å². The number of rotatable bonds is 4. The first-order valence-electron chi connectivity index (χ1n) is 9.63. The summed E-state index contributed by atoms with van der Waals surface area (Å²) in [4.78, 5) is 40.1. The lowest BCUT2D eigenvalue weighted by molar-refractivity contribution is -0.177. The molecule has 0 radical (unpaired) electrons. The Morgan fingerprint density at radius 1 is 1.17 bits per heavy atom. The maximum atomic E-state index is 14.2. The normalized spacial score (nSPS) is 21.5. The van der Waals surface area contributed by atoms with Crippen molar-refractivity contribution in [1.29, 1.82) is 0 Å². The maximum Gasteiger partial charge on any atom is 0.408 e. The number of ether oxygens (including phenoxy) is 1. The number of benzene rings is 1. The van der Waals surface area contributed by atoms with Gasteiger partial charge in [0.2, 0.25) is 5.91 Å². The minimum Gasteiger partial charge on any atom is -0.465 e. The van der Waals surface area contributed by atoms with E-state index in [9.17, 15) is 28.3 Å². The number of esters is 1. The van der Waals surface area contributed by atoms with Gasteiger partial charge in [-0.05, 0) is 43.9 Å². The minimum absolute atomic E-state index is 0.0619. The molecule has 1 atom stereocenters. The Kier molecular flexibility index (Phi) is 6.16. The van der Waals surface area contributed by atoms with Crippen LogP contribution in [0, 0.1) is 17.0 Å². The van der Waals surface area contributed by atoms with Gasteiger partial charge in [0.25, 0.3) is 0 Å². The third kappa shape index (κ3) is 3.85. The van der Waals surface area contributed by atoms with Crippen LogP contribution in [0.3, 0.4) is 0 Å². The van der Waals surface area contributed by atoms with Crippen LogP contribution >= 0.6 is 0 Å². The third-order valence-electron chi connectivity index (χ3n) is 5.70. The van der Waals surface area contributed by atoms with E-state index in [-0.39, 0.29) is 18.7 Å². The van der Waals surface area contributed by atoms with Crippen molar-refractivity contribution in [2.45, 2.75) is 52.6 Å². The number of piperazine rings is 1. The molecule has 0 saturated carbocycles. The Balaban J connectivity index is 2.85. The number of halogens is 2. The first-order valence-corrected chi connectivity index (χ1v) is 9.63. The fourth-order valence-electron chi connectivity index (χ4n) is 4.09. The Morgan fingerprint density at radius 3 is 2.13 bits per heavy atom. The number of carbonyl (C=O) groups excluding carboxylic acids is 2. The predicted molar refractivity (Wildman–Crippen MR) is 105 cm³/mol. The summed E-state index contributed by atoms with van der Waals surface area (Å²) in [7, 11) is 0. The fourth-order valence-corrected chi connectivity index (χ4v) is 4.09. The van der Waals surface area contributed by atoms with Crippen LogP contribution in [0.5, 0.6) is 0 Å². The van der Waals surface area contributed by atoms with Crippen LogP contribution in [0.25, 0.3) is 0 Å². The summed E-state index contributed by atoms with van der Waals surface area (Å²) in [6, 6.07) is 2.83. The zero-order chi connectivity index (χ0) is 23.1. The topological polar surface area (TPSA) is 87.2 Å². The SMILES string of the molecule is CCOC(=O)CN1C(=O)C(C)(C)N(C(=O)O)C[C@@]1(c1cc(F)cc(F)c1)C(C)(C)C. The molecule has 1 aromatic rings. The van der Waals surface area contributed by atoms with Gasteiger partial charge >= 0.3 is 12.1 Å². The molecule has 0 aliphatic carbocycles. The van der Waals surface area contributed by atoms with Gasteiger partial charge < -0.3 is 14.7 Å². The van der Waals surface area contributed by atoms with E-state index in [4.69, 9.17) is 4.74 Å². The Bertz CT molecular complexity index is 845. The molecule has 30 heavy (non-hydrogen) atoms. The highest BCUT2D eigenvalue weighted by molar-refractivity contribution is 5.93. The van der Waals surface area contributed by atoms with Gasteiger partial charge in [0, 0.05) is 6.07 Å². The Hall–Kier alpha value is -2.71. The molecule has 7 nitrogen and oxygen atoms in total. The van der Waals surface area contributed by atoms with Gasteiger partial charge in [-0.2, -0.15) is 0 Å². The van der Waals surface area contributed by atoms with Crippen molar-refractivity contribution in [3.8, 4) is 0 Å². The molecular formula is C21H28F2N2O5. The molecular weight excluding hydrogens is 398 g/mol. The summed E-state index contributed by atoms with van der Waals surface area (Å²) in [6.07, 6.45) is -1.35. The smallest absolute Gasteiger partial charge is 0.408 e. The molecule has 0 bridgehead atoms. The molecule has 1 aliphatic heterocycles. The van der Waals surface area contributed by atoms with E-state index in [1.807, 2.05) is 0 Å². The van der Waals surface area contributed by atoms with Crippen molar-refractivity contribution in [2.24, 2.45) is 5.41 Å². The lowest BCUT2D eigenvalue weighted by Gasteiger charge is -2.60. The van der Waals surface area contributed by atoms with Crippen molar-refractivity contribution in [1.82, 2.24) is 9.80 Å². The van der Waals surface area contributed by atoms with Crippen molar-refractivity contribution < 1.29 is 33.0 Å². The monoisotopic (exact) mass is 426 g/mol. The van der Waals surface area contributed by atoms with E-state index >= 15 is 0 Å². The average molecular weight is 426 g/mol. The molecule has 1 saturated heterocycles. The van der Waals surface area contributed by atoms with Crippen molar-refractivity contribution in [2.75, 3.05) is 19.7 Å². The van der Waals surface area contributed by atoms with Gasteiger partial charge in [0.05, 0.1) is 18.7 Å². The maximum absolute atomic E-state index is 14.2. The first kappa shape index (κ1) is 23.6. The second-order valence-electron chi connectivity index (χ2n) is 8.89. The molecule has 166 valence electrons. The average Bonchev–Trinajstić information content (AvgIpc) is 2.57. The van der Waals surface area contributed by atoms with Gasteiger partial charge in [-0.1, -0.05) is 20.8 Å². The highest BCUT2D eigenvalue weighted by Gasteiger charge is 2.61. The van der Waals surface area contributed by atoms with E-state index in [0.29, 0.717) is 6.07 Å². The molecule has 1 fully saturated rings. The predicted octanol–water partition coefficient (Wildman–Crippen LogP) is 3.37. The number of carbonyl (C=O) groups is 3. The third-order valence-corrected chi connectivity index (χ3v) is 5.70. The lowest BCUT2D eigenvalue weighted by atomic mass is 9.65. The number of carboxylic acid groups (broad SMARTS) is 1. The number of hydrogen-bond acceptors (Lipinski definition) is 4. The molecule has 0 spiro atoms. The van der Waals surface area contributed by atoms with Crippen molar-refractivity contribution >= 4 is 18.0 Å². The van der Waals surface area contributed by atoms with Crippen LogP contribution in [0.15, 0.2) is 18.2 Å². The summed E-state index contributed by atoms with van der Waals surface area (Å²) in [5, 5.41) is 9.81. The summed E-state index contributed by atoms with van der Waals surface area (Å²) in [5.41, 5.74) is -3.89. The number of nitrogens with zero attached hydrogens (tertiary/aromatic N) is 2. The fraction of sp³-hybridized carbons (Fsp3) is 0.571. The largest absolute Gasteiger partial charge is 0.465 e.